The average Bonchev–Trinajstić information content (AvgIpc) is 3.47. The van der Waals surface area contributed by atoms with Crippen molar-refractivity contribution in [3.05, 3.63) is 95.7 Å². The molecule has 0 atom stereocenters. The predicted molar refractivity (Wildman–Crippen MR) is 169 cm³/mol. The first-order chi connectivity index (χ1) is 20.7. The molecular formula is C32H35N2O8S2+. The number of rotatable bonds is 10. The Kier molecular flexibility index (Phi) is 8.47. The number of anilines is 1. The van der Waals surface area contributed by atoms with Gasteiger partial charge in [-0.15, -0.1) is 4.57 Å². The standard InChI is InChI=1S/C32H34N2O8S2/c1-5-22(17-31-34(21-44(38,39)40)27-19-25(32(3,4)6-2)13-15-29(27)42-31)16-30-33(20-43(35,36)37)26-18-24(12-14-28(26)41-30)23-10-8-7-9-11-23/h7-19H,5-6,20-21H2,1-4H3,(H-,35,36,37,38,39,40)/p+1. The van der Waals surface area contributed by atoms with Crippen molar-refractivity contribution < 1.29 is 39.7 Å². The maximum atomic E-state index is 12.1. The molecule has 2 heterocycles. The number of allylic oxidation sites excluding steroid dienone is 2. The fourth-order valence-corrected chi connectivity index (χ4v) is 6.19. The summed E-state index contributed by atoms with van der Waals surface area (Å²) < 4.78 is 81.3. The van der Waals surface area contributed by atoms with Crippen molar-refractivity contribution in [1.29, 1.82) is 0 Å². The molecule has 1 aliphatic heterocycles. The summed E-state index contributed by atoms with van der Waals surface area (Å²) in [5.74, 6) is -0.718. The van der Waals surface area contributed by atoms with Crippen molar-refractivity contribution >= 4 is 43.1 Å². The van der Waals surface area contributed by atoms with Gasteiger partial charge in [-0.05, 0) is 58.7 Å². The zero-order valence-corrected chi connectivity index (χ0v) is 26.5. The third-order valence-electron chi connectivity index (χ3n) is 7.84. The van der Waals surface area contributed by atoms with Crippen molar-refractivity contribution in [3.63, 3.8) is 0 Å². The third kappa shape index (κ3) is 6.88. The minimum absolute atomic E-state index is 0.153. The van der Waals surface area contributed by atoms with E-state index in [9.17, 15) is 25.9 Å². The van der Waals surface area contributed by atoms with E-state index in [0.717, 1.165) is 23.1 Å². The van der Waals surface area contributed by atoms with Gasteiger partial charge in [0.2, 0.25) is 11.5 Å². The monoisotopic (exact) mass is 639 g/mol. The minimum atomic E-state index is -4.46. The Labute approximate surface area is 257 Å². The van der Waals surface area contributed by atoms with Crippen LogP contribution in [0, 0.1) is 0 Å². The van der Waals surface area contributed by atoms with Gasteiger partial charge < -0.3 is 9.15 Å². The van der Waals surface area contributed by atoms with Crippen molar-refractivity contribution in [2.45, 2.75) is 51.8 Å². The lowest BCUT2D eigenvalue weighted by atomic mass is 9.82. The summed E-state index contributed by atoms with van der Waals surface area (Å²) in [5, 5.41) is 0. The second-order valence-electron chi connectivity index (χ2n) is 11.3. The van der Waals surface area contributed by atoms with Crippen molar-refractivity contribution in [3.8, 4) is 16.9 Å². The summed E-state index contributed by atoms with van der Waals surface area (Å²) in [7, 11) is -8.90. The summed E-state index contributed by atoms with van der Waals surface area (Å²) in [6.45, 7) is 8.11. The molecule has 1 aliphatic rings. The van der Waals surface area contributed by atoms with E-state index in [1.54, 1.807) is 30.4 Å². The zero-order valence-electron chi connectivity index (χ0n) is 24.9. The van der Waals surface area contributed by atoms with Gasteiger partial charge in [-0.2, -0.15) is 16.8 Å². The summed E-state index contributed by atoms with van der Waals surface area (Å²) in [6.07, 6.45) is 4.51. The summed E-state index contributed by atoms with van der Waals surface area (Å²) in [5.41, 5.74) is 4.54. The van der Waals surface area contributed by atoms with Crippen LogP contribution in [0.4, 0.5) is 5.69 Å². The van der Waals surface area contributed by atoms with Crippen LogP contribution in [0.25, 0.3) is 28.3 Å². The molecule has 0 unspecified atom stereocenters. The number of hydrogen-bond donors (Lipinski definition) is 2. The predicted octanol–water partition coefficient (Wildman–Crippen LogP) is 6.30. The first-order valence-electron chi connectivity index (χ1n) is 14.1. The van der Waals surface area contributed by atoms with Gasteiger partial charge >= 0.3 is 16.0 Å². The Hall–Kier alpha value is -3.97. The number of aromatic nitrogens is 1. The van der Waals surface area contributed by atoms with Crippen LogP contribution < -0.4 is 14.2 Å². The second kappa shape index (κ2) is 11.8. The zero-order chi connectivity index (χ0) is 31.9. The third-order valence-corrected chi connectivity index (χ3v) is 9.01. The van der Waals surface area contributed by atoms with E-state index in [2.05, 4.69) is 20.8 Å². The first kappa shape index (κ1) is 31.5. The van der Waals surface area contributed by atoms with Crippen LogP contribution in [0.15, 0.2) is 88.7 Å². The van der Waals surface area contributed by atoms with Crippen LogP contribution in [0.5, 0.6) is 5.75 Å². The van der Waals surface area contributed by atoms with E-state index in [1.807, 2.05) is 55.5 Å². The largest absolute Gasteiger partial charge is 0.439 e. The van der Waals surface area contributed by atoms with Gasteiger partial charge in [-0.1, -0.05) is 70.2 Å². The van der Waals surface area contributed by atoms with Crippen molar-refractivity contribution in [2.24, 2.45) is 0 Å². The van der Waals surface area contributed by atoms with Crippen LogP contribution >= 0.6 is 0 Å². The Morgan fingerprint density at radius 3 is 2.30 bits per heavy atom. The molecule has 0 radical (unpaired) electrons. The molecule has 5 rings (SSSR count). The van der Waals surface area contributed by atoms with Crippen molar-refractivity contribution in [2.75, 3.05) is 10.8 Å². The quantitative estimate of drug-likeness (QED) is 0.151. The smallest absolute Gasteiger partial charge is 0.375 e. The molecule has 0 saturated heterocycles. The van der Waals surface area contributed by atoms with Gasteiger partial charge in [0.1, 0.15) is 0 Å². The van der Waals surface area contributed by atoms with Gasteiger partial charge in [0.05, 0.1) is 11.8 Å². The normalized spacial score (nSPS) is 15.2. The Balaban J connectivity index is 1.61. The second-order valence-corrected chi connectivity index (χ2v) is 14.2. The molecule has 3 aromatic carbocycles. The minimum Gasteiger partial charge on any atom is -0.439 e. The molecule has 2 N–H and O–H groups in total. The molecule has 0 aliphatic carbocycles. The molecule has 0 fully saturated rings. The highest BCUT2D eigenvalue weighted by Gasteiger charge is 2.32. The lowest BCUT2D eigenvalue weighted by Gasteiger charge is -2.24. The number of ether oxygens (including phenoxy) is 1. The van der Waals surface area contributed by atoms with Gasteiger partial charge in [0.25, 0.3) is 21.5 Å². The molecule has 0 amide bonds. The SMILES string of the molecule is CCC(=Cc1oc2ccc(-c3ccccc3)cc2[n+]1CS(=O)(=O)O)C=C1Oc2ccc(C(C)(C)CC)cc2N1CS(=O)(=O)O. The Morgan fingerprint density at radius 2 is 1.66 bits per heavy atom. The van der Waals surface area contributed by atoms with Crippen LogP contribution in [-0.4, -0.2) is 31.8 Å². The van der Waals surface area contributed by atoms with Gasteiger partial charge in [0, 0.05) is 12.1 Å². The van der Waals surface area contributed by atoms with Crippen LogP contribution in [-0.2, 0) is 31.5 Å². The van der Waals surface area contributed by atoms with E-state index in [-0.39, 0.29) is 17.2 Å². The summed E-state index contributed by atoms with van der Waals surface area (Å²) in [4.78, 5) is 1.39. The van der Waals surface area contributed by atoms with E-state index < -0.39 is 32.0 Å². The van der Waals surface area contributed by atoms with Crippen LogP contribution in [0.2, 0.25) is 0 Å². The summed E-state index contributed by atoms with van der Waals surface area (Å²) >= 11 is 0. The topological polar surface area (TPSA) is 138 Å². The molecule has 44 heavy (non-hydrogen) atoms. The van der Waals surface area contributed by atoms with Gasteiger partial charge in [-0.25, -0.2) is 0 Å². The van der Waals surface area contributed by atoms with E-state index in [1.165, 1.54) is 9.47 Å². The first-order valence-corrected chi connectivity index (χ1v) is 17.3. The highest BCUT2D eigenvalue weighted by atomic mass is 32.2. The fourth-order valence-electron chi connectivity index (χ4n) is 5.01. The Morgan fingerprint density at radius 1 is 0.932 bits per heavy atom. The van der Waals surface area contributed by atoms with Crippen LogP contribution in [0.3, 0.4) is 0 Å². The lowest BCUT2D eigenvalue weighted by Crippen LogP contribution is -2.39. The molecule has 12 heteroatoms. The summed E-state index contributed by atoms with van der Waals surface area (Å²) in [6, 6.07) is 20.5. The maximum absolute atomic E-state index is 12.1. The van der Waals surface area contributed by atoms with Crippen LogP contribution in [0.1, 0.15) is 52.0 Å². The maximum Gasteiger partial charge on any atom is 0.375 e. The molecule has 4 aromatic rings. The molecular weight excluding hydrogens is 604 g/mol. The number of fused-ring (bicyclic) bond motifs is 2. The molecule has 0 saturated carbocycles. The van der Waals surface area contributed by atoms with E-state index in [4.69, 9.17) is 9.15 Å². The molecule has 1 aromatic heterocycles. The highest BCUT2D eigenvalue weighted by molar-refractivity contribution is 7.85. The van der Waals surface area contributed by atoms with E-state index in [0.29, 0.717) is 34.5 Å². The number of benzene rings is 3. The number of nitrogens with zero attached hydrogens (tertiary/aromatic N) is 2. The molecule has 10 nitrogen and oxygen atoms in total. The molecule has 232 valence electrons. The molecule has 0 spiro atoms. The van der Waals surface area contributed by atoms with Gasteiger partial charge in [-0.3, -0.25) is 14.0 Å². The number of hydrogen-bond acceptors (Lipinski definition) is 7. The molecule has 0 bridgehead atoms. The number of oxazole rings is 1. The van der Waals surface area contributed by atoms with Crippen molar-refractivity contribution in [1.82, 2.24) is 0 Å². The lowest BCUT2D eigenvalue weighted by molar-refractivity contribution is -0.658. The fraction of sp³-hybridized carbons (Fsp3) is 0.281. The Bertz CT molecular complexity index is 1990. The van der Waals surface area contributed by atoms with E-state index >= 15 is 0 Å². The van der Waals surface area contributed by atoms with Gasteiger partial charge in [0.15, 0.2) is 11.6 Å². The average molecular weight is 640 g/mol. The highest BCUT2D eigenvalue weighted by Crippen LogP contribution is 2.43.